The maximum atomic E-state index is 2.66. The third kappa shape index (κ3) is 3.79. The van der Waals surface area contributed by atoms with E-state index in [0.717, 1.165) is 17.8 Å². The van der Waals surface area contributed by atoms with Gasteiger partial charge in [-0.15, -0.1) is 0 Å². The molecule has 0 N–H and O–H groups in total. The van der Waals surface area contributed by atoms with Gasteiger partial charge in [-0.3, -0.25) is 0 Å². The van der Waals surface area contributed by atoms with Crippen LogP contribution in [0, 0.1) is 17.8 Å². The Balaban J connectivity index is 1.28. The summed E-state index contributed by atoms with van der Waals surface area (Å²) >= 11 is 0. The Hall–Kier alpha value is -4.44. The van der Waals surface area contributed by atoms with Crippen molar-refractivity contribution >= 4 is 62.9 Å². The third-order valence-corrected chi connectivity index (χ3v) is 12.2. The molecule has 4 saturated carbocycles. The summed E-state index contributed by atoms with van der Waals surface area (Å²) in [4.78, 5) is 7.36. The summed E-state index contributed by atoms with van der Waals surface area (Å²) in [5.74, 6) is 2.69. The van der Waals surface area contributed by atoms with E-state index in [1.165, 1.54) is 94.7 Å². The first-order valence-electron chi connectivity index (χ1n) is 17.4. The molecule has 4 heteroatoms. The number of benzene rings is 5. The van der Waals surface area contributed by atoms with Gasteiger partial charge in [-0.2, -0.15) is 0 Å². The van der Waals surface area contributed by atoms with Gasteiger partial charge in [0, 0.05) is 53.9 Å². The topological polar surface area (TPSA) is 9.72 Å². The minimum Gasteiger partial charge on any atom is -0.378 e. The van der Waals surface area contributed by atoms with Gasteiger partial charge in [0.05, 0.1) is 0 Å². The van der Waals surface area contributed by atoms with Crippen molar-refractivity contribution in [3.63, 3.8) is 0 Å². The van der Waals surface area contributed by atoms with Gasteiger partial charge in [0.15, 0.2) is 0 Å². The average Bonchev–Trinajstić information content (AvgIpc) is 3.08. The van der Waals surface area contributed by atoms with E-state index in [1.54, 1.807) is 5.56 Å². The number of anilines is 7. The molecule has 5 aromatic rings. The van der Waals surface area contributed by atoms with Crippen LogP contribution in [-0.4, -0.2) is 20.8 Å². The van der Waals surface area contributed by atoms with Crippen LogP contribution in [0.1, 0.15) is 44.1 Å². The summed E-state index contributed by atoms with van der Waals surface area (Å²) < 4.78 is 0. The lowest BCUT2D eigenvalue weighted by Crippen LogP contribution is -2.61. The summed E-state index contributed by atoms with van der Waals surface area (Å²) in [6, 6.07) is 43.9. The first kappa shape index (κ1) is 26.8. The Labute approximate surface area is 273 Å². The molecule has 0 atom stereocenters. The second-order valence-electron chi connectivity index (χ2n) is 15.1. The highest BCUT2D eigenvalue weighted by molar-refractivity contribution is 7.00. The fourth-order valence-electron chi connectivity index (χ4n) is 10.7. The van der Waals surface area contributed by atoms with E-state index in [0.29, 0.717) is 0 Å². The van der Waals surface area contributed by atoms with E-state index in [-0.39, 0.29) is 12.1 Å². The Morgan fingerprint density at radius 3 is 1.57 bits per heavy atom. The fraction of sp³-hybridized carbons (Fsp3) is 0.286. The molecule has 5 aromatic carbocycles. The van der Waals surface area contributed by atoms with Crippen LogP contribution in [0.3, 0.4) is 0 Å². The van der Waals surface area contributed by atoms with Gasteiger partial charge in [0.1, 0.15) is 0 Å². The molecule has 6 aliphatic rings. The van der Waals surface area contributed by atoms with Crippen LogP contribution in [0.15, 0.2) is 115 Å². The van der Waals surface area contributed by atoms with Crippen molar-refractivity contribution in [3.05, 3.63) is 121 Å². The molecule has 0 aromatic heterocycles. The average molecular weight is 598 g/mol. The predicted octanol–water partition coefficient (Wildman–Crippen LogP) is 8.30. The van der Waals surface area contributed by atoms with Crippen LogP contribution in [0.25, 0.3) is 0 Å². The van der Waals surface area contributed by atoms with Gasteiger partial charge < -0.3 is 14.7 Å². The molecular weight excluding hydrogens is 557 g/mol. The summed E-state index contributed by atoms with van der Waals surface area (Å²) in [5, 5.41) is 0. The SMILES string of the molecule is CN(C)c1ccc(N2c3ccccc3B3c4ccccc4N(c4ccccc4)c4cc(C56CC7CC(CC(C7)C5)C6)cc2c43)cc1. The number of rotatable bonds is 4. The quantitative estimate of drug-likeness (QED) is 0.189. The van der Waals surface area contributed by atoms with E-state index in [9.17, 15) is 0 Å². The van der Waals surface area contributed by atoms with Gasteiger partial charge >= 0.3 is 0 Å². The van der Waals surface area contributed by atoms with Crippen molar-refractivity contribution in [2.45, 2.75) is 43.9 Å². The van der Waals surface area contributed by atoms with Crippen LogP contribution >= 0.6 is 0 Å². The zero-order valence-electron chi connectivity index (χ0n) is 26.9. The molecule has 3 nitrogen and oxygen atoms in total. The maximum Gasteiger partial charge on any atom is 0.252 e. The minimum atomic E-state index is 0.181. The van der Waals surface area contributed by atoms with E-state index in [1.807, 2.05) is 0 Å². The summed E-state index contributed by atoms with van der Waals surface area (Å²) in [7, 11) is 4.24. The summed E-state index contributed by atoms with van der Waals surface area (Å²) in [6.45, 7) is 0.181. The van der Waals surface area contributed by atoms with Gasteiger partial charge in [-0.1, -0.05) is 54.6 Å². The van der Waals surface area contributed by atoms with Crippen molar-refractivity contribution in [1.29, 1.82) is 0 Å². The van der Waals surface area contributed by atoms with E-state index in [2.05, 4.69) is 144 Å². The number of para-hydroxylation sites is 3. The largest absolute Gasteiger partial charge is 0.378 e. The molecule has 0 spiro atoms. The van der Waals surface area contributed by atoms with Gasteiger partial charge in [-0.05, 0) is 144 Å². The zero-order chi connectivity index (χ0) is 30.6. The molecule has 226 valence electrons. The minimum absolute atomic E-state index is 0.181. The molecule has 4 fully saturated rings. The molecule has 2 heterocycles. The van der Waals surface area contributed by atoms with E-state index < -0.39 is 0 Å². The predicted molar refractivity (Wildman–Crippen MR) is 195 cm³/mol. The second-order valence-corrected chi connectivity index (χ2v) is 15.1. The first-order valence-corrected chi connectivity index (χ1v) is 17.4. The van der Waals surface area contributed by atoms with Crippen molar-refractivity contribution < 1.29 is 0 Å². The van der Waals surface area contributed by atoms with Crippen LogP contribution in [0.5, 0.6) is 0 Å². The van der Waals surface area contributed by atoms with Crippen molar-refractivity contribution in [1.82, 2.24) is 0 Å². The Morgan fingerprint density at radius 1 is 0.565 bits per heavy atom. The van der Waals surface area contributed by atoms with Crippen LogP contribution in [0.2, 0.25) is 0 Å². The molecule has 0 saturated heterocycles. The van der Waals surface area contributed by atoms with Gasteiger partial charge in [0.25, 0.3) is 6.71 Å². The van der Waals surface area contributed by atoms with Crippen LogP contribution < -0.4 is 31.1 Å². The summed E-state index contributed by atoms with van der Waals surface area (Å²) in [5.41, 5.74) is 15.1. The molecule has 0 unspecified atom stereocenters. The maximum absolute atomic E-state index is 2.66. The van der Waals surface area contributed by atoms with Crippen LogP contribution in [0.4, 0.5) is 39.8 Å². The molecule has 4 bridgehead atoms. The van der Waals surface area contributed by atoms with Crippen molar-refractivity contribution in [2.24, 2.45) is 17.8 Å². The van der Waals surface area contributed by atoms with Gasteiger partial charge in [-0.25, -0.2) is 0 Å². The molecular formula is C42H40BN3. The molecule has 46 heavy (non-hydrogen) atoms. The molecule has 0 radical (unpaired) electrons. The lowest BCUT2D eigenvalue weighted by Gasteiger charge is -2.57. The second kappa shape index (κ2) is 9.78. The van der Waals surface area contributed by atoms with E-state index in [4.69, 9.17) is 0 Å². The molecule has 2 aliphatic heterocycles. The summed E-state index contributed by atoms with van der Waals surface area (Å²) in [6.07, 6.45) is 8.45. The number of nitrogens with zero attached hydrogens (tertiary/aromatic N) is 3. The lowest BCUT2D eigenvalue weighted by atomic mass is 9.33. The number of hydrogen-bond donors (Lipinski definition) is 0. The third-order valence-electron chi connectivity index (χ3n) is 12.2. The zero-order valence-corrected chi connectivity index (χ0v) is 26.9. The molecule has 11 rings (SSSR count). The highest BCUT2D eigenvalue weighted by Crippen LogP contribution is 2.61. The number of hydrogen-bond acceptors (Lipinski definition) is 3. The normalized spacial score (nSPS) is 24.8. The standard InChI is InChI=1S/C42H40BN3/c1-44(2)32-16-18-34(19-17-32)46-38-15-9-7-13-36(38)43-35-12-6-8-14-37(35)45(33-10-4-3-5-11-33)39-23-31(24-40(46)41(39)43)42-25-28-20-29(26-42)22-30(21-28)27-42/h3-19,23-24,28-30H,20-22,25-27H2,1-2H3. The Kier molecular flexibility index (Phi) is 5.69. The van der Waals surface area contributed by atoms with Gasteiger partial charge in [0.2, 0.25) is 0 Å². The molecule has 4 aliphatic carbocycles. The monoisotopic (exact) mass is 597 g/mol. The number of fused-ring (bicyclic) bond motifs is 4. The Bertz CT molecular complexity index is 1950. The van der Waals surface area contributed by atoms with Crippen LogP contribution in [-0.2, 0) is 5.41 Å². The first-order chi connectivity index (χ1) is 22.6. The van der Waals surface area contributed by atoms with Crippen molar-refractivity contribution in [2.75, 3.05) is 28.8 Å². The van der Waals surface area contributed by atoms with Crippen molar-refractivity contribution in [3.8, 4) is 0 Å². The van der Waals surface area contributed by atoms with E-state index >= 15 is 0 Å². The fourth-order valence-corrected chi connectivity index (χ4v) is 10.7. The lowest BCUT2D eigenvalue weighted by molar-refractivity contribution is -0.00514. The smallest absolute Gasteiger partial charge is 0.252 e. The Morgan fingerprint density at radius 2 is 1.04 bits per heavy atom. The molecule has 0 amide bonds. The highest BCUT2D eigenvalue weighted by atomic mass is 15.2. The highest BCUT2D eigenvalue weighted by Gasteiger charge is 2.53.